The van der Waals surface area contributed by atoms with Crippen molar-refractivity contribution >= 4 is 0 Å². The number of nitrogens with zero attached hydrogens (tertiary/aromatic N) is 1. The van der Waals surface area contributed by atoms with Crippen molar-refractivity contribution < 1.29 is 0 Å². The molecule has 0 radical (unpaired) electrons. The van der Waals surface area contributed by atoms with Crippen molar-refractivity contribution in [3.05, 3.63) is 0 Å². The van der Waals surface area contributed by atoms with Crippen molar-refractivity contribution in [3.8, 4) is 0 Å². The number of piperidine rings is 1. The van der Waals surface area contributed by atoms with Gasteiger partial charge in [0, 0.05) is 19.6 Å². The fraction of sp³-hybridized carbons (Fsp3) is 1.00. The van der Waals surface area contributed by atoms with E-state index in [4.69, 9.17) is 0 Å². The molecule has 0 saturated carbocycles. The molecular weight excluding hydrogens is 158 g/mol. The Labute approximate surface area is 83.5 Å². The second kappa shape index (κ2) is 4.00. The van der Waals surface area contributed by atoms with Gasteiger partial charge in [0.1, 0.15) is 0 Å². The van der Waals surface area contributed by atoms with Crippen LogP contribution in [0.4, 0.5) is 0 Å². The summed E-state index contributed by atoms with van der Waals surface area (Å²) in [6.45, 7) is 15.7. The third-order valence-corrected chi connectivity index (χ3v) is 2.75. The summed E-state index contributed by atoms with van der Waals surface area (Å²) in [5.41, 5.74) is 0.534. The molecule has 0 amide bonds. The predicted molar refractivity (Wildman–Crippen MR) is 58.8 cm³/mol. The van der Waals surface area contributed by atoms with E-state index in [1.807, 2.05) is 0 Å². The average molecular weight is 183 g/mol. The second-order valence-corrected chi connectivity index (χ2v) is 6.06. The molecule has 0 N–H and O–H groups in total. The molecule has 1 saturated heterocycles. The maximum Gasteiger partial charge on any atom is 0.00330 e. The molecule has 1 aliphatic heterocycles. The van der Waals surface area contributed by atoms with Crippen molar-refractivity contribution in [2.24, 2.45) is 17.3 Å². The SMILES string of the molecule is CC(C)CN1CC(C)CC(C)(C)C1. The molecule has 1 nitrogen and oxygen atoms in total. The van der Waals surface area contributed by atoms with Gasteiger partial charge in [-0.25, -0.2) is 0 Å². The minimum Gasteiger partial charge on any atom is -0.302 e. The molecule has 0 bridgehead atoms. The van der Waals surface area contributed by atoms with Gasteiger partial charge in [-0.15, -0.1) is 0 Å². The number of likely N-dealkylation sites (tertiary alicyclic amines) is 1. The first-order chi connectivity index (χ1) is 5.89. The monoisotopic (exact) mass is 183 g/mol. The largest absolute Gasteiger partial charge is 0.302 e. The molecule has 1 unspecified atom stereocenters. The highest BCUT2D eigenvalue weighted by Crippen LogP contribution is 2.32. The molecule has 1 fully saturated rings. The van der Waals surface area contributed by atoms with Crippen LogP contribution < -0.4 is 0 Å². The normalized spacial score (nSPS) is 29.5. The fourth-order valence-electron chi connectivity index (χ4n) is 2.84. The molecule has 1 heteroatoms. The molecule has 0 aliphatic carbocycles. The zero-order valence-electron chi connectivity index (χ0n) is 9.93. The Balaban J connectivity index is 2.48. The number of rotatable bonds is 2. The lowest BCUT2D eigenvalue weighted by molar-refractivity contribution is 0.0711. The van der Waals surface area contributed by atoms with E-state index < -0.39 is 0 Å². The first-order valence-corrected chi connectivity index (χ1v) is 5.61. The van der Waals surface area contributed by atoms with Crippen molar-refractivity contribution in [2.45, 2.75) is 41.0 Å². The van der Waals surface area contributed by atoms with Crippen LogP contribution in [0.5, 0.6) is 0 Å². The van der Waals surface area contributed by atoms with Crippen molar-refractivity contribution in [1.29, 1.82) is 0 Å². The summed E-state index contributed by atoms with van der Waals surface area (Å²) in [5, 5.41) is 0. The van der Waals surface area contributed by atoms with Crippen LogP contribution in [0.3, 0.4) is 0 Å². The Morgan fingerprint density at radius 1 is 1.38 bits per heavy atom. The van der Waals surface area contributed by atoms with Gasteiger partial charge in [0.25, 0.3) is 0 Å². The van der Waals surface area contributed by atoms with Crippen LogP contribution in [-0.2, 0) is 0 Å². The van der Waals surface area contributed by atoms with E-state index in [0.29, 0.717) is 5.41 Å². The van der Waals surface area contributed by atoms with Crippen LogP contribution in [0.2, 0.25) is 0 Å². The molecule has 0 aromatic carbocycles. The zero-order chi connectivity index (χ0) is 10.1. The van der Waals surface area contributed by atoms with E-state index >= 15 is 0 Å². The van der Waals surface area contributed by atoms with Crippen LogP contribution in [-0.4, -0.2) is 24.5 Å². The van der Waals surface area contributed by atoms with Gasteiger partial charge in [-0.2, -0.15) is 0 Å². The lowest BCUT2D eigenvalue weighted by atomic mass is 9.79. The van der Waals surface area contributed by atoms with Crippen LogP contribution in [0, 0.1) is 17.3 Å². The van der Waals surface area contributed by atoms with E-state index in [2.05, 4.69) is 39.5 Å². The maximum absolute atomic E-state index is 2.64. The third kappa shape index (κ3) is 3.68. The van der Waals surface area contributed by atoms with Gasteiger partial charge < -0.3 is 4.90 Å². The topological polar surface area (TPSA) is 3.24 Å². The first kappa shape index (κ1) is 11.0. The maximum atomic E-state index is 2.64. The summed E-state index contributed by atoms with van der Waals surface area (Å²) in [5.74, 6) is 1.68. The smallest absolute Gasteiger partial charge is 0.00330 e. The molecular formula is C12H25N. The molecule has 0 aromatic rings. The molecule has 78 valence electrons. The van der Waals surface area contributed by atoms with E-state index in [-0.39, 0.29) is 0 Å². The molecule has 13 heavy (non-hydrogen) atoms. The molecule has 1 aliphatic rings. The van der Waals surface area contributed by atoms with E-state index in [1.54, 1.807) is 0 Å². The van der Waals surface area contributed by atoms with E-state index in [0.717, 1.165) is 11.8 Å². The lowest BCUT2D eigenvalue weighted by Gasteiger charge is -2.42. The highest BCUT2D eigenvalue weighted by Gasteiger charge is 2.30. The highest BCUT2D eigenvalue weighted by atomic mass is 15.1. The van der Waals surface area contributed by atoms with Gasteiger partial charge in [-0.1, -0.05) is 34.6 Å². The summed E-state index contributed by atoms with van der Waals surface area (Å²) < 4.78 is 0. The van der Waals surface area contributed by atoms with E-state index in [1.165, 1.54) is 26.1 Å². The van der Waals surface area contributed by atoms with Crippen LogP contribution in [0.25, 0.3) is 0 Å². The quantitative estimate of drug-likeness (QED) is 0.636. The fourth-order valence-corrected chi connectivity index (χ4v) is 2.84. The summed E-state index contributed by atoms with van der Waals surface area (Å²) in [7, 11) is 0. The number of hydrogen-bond acceptors (Lipinski definition) is 1. The van der Waals surface area contributed by atoms with Crippen LogP contribution in [0.1, 0.15) is 41.0 Å². The summed E-state index contributed by atoms with van der Waals surface area (Å²) >= 11 is 0. The zero-order valence-corrected chi connectivity index (χ0v) is 9.93. The Kier molecular flexibility index (Phi) is 3.39. The predicted octanol–water partition coefficient (Wildman–Crippen LogP) is 3.01. The van der Waals surface area contributed by atoms with Gasteiger partial charge in [-0.3, -0.25) is 0 Å². The standard InChI is InChI=1S/C12H25N/c1-10(2)7-13-8-11(3)6-12(4,5)9-13/h10-11H,6-9H2,1-5H3. The second-order valence-electron chi connectivity index (χ2n) is 6.06. The van der Waals surface area contributed by atoms with Crippen molar-refractivity contribution in [3.63, 3.8) is 0 Å². The Bertz CT molecular complexity index is 159. The van der Waals surface area contributed by atoms with E-state index in [9.17, 15) is 0 Å². The Morgan fingerprint density at radius 3 is 2.46 bits per heavy atom. The average Bonchev–Trinajstić information content (AvgIpc) is 1.78. The minimum atomic E-state index is 0.534. The molecule has 0 spiro atoms. The minimum absolute atomic E-state index is 0.534. The molecule has 1 heterocycles. The van der Waals surface area contributed by atoms with Gasteiger partial charge in [-0.05, 0) is 23.7 Å². The van der Waals surface area contributed by atoms with Gasteiger partial charge in [0.15, 0.2) is 0 Å². The van der Waals surface area contributed by atoms with Crippen LogP contribution in [0.15, 0.2) is 0 Å². The molecule has 1 rings (SSSR count). The Morgan fingerprint density at radius 2 is 2.00 bits per heavy atom. The van der Waals surface area contributed by atoms with Gasteiger partial charge in [0.05, 0.1) is 0 Å². The lowest BCUT2D eigenvalue weighted by Crippen LogP contribution is -2.45. The summed E-state index contributed by atoms with van der Waals surface area (Å²) in [6, 6.07) is 0. The molecule has 1 atom stereocenters. The third-order valence-electron chi connectivity index (χ3n) is 2.75. The molecule has 0 aromatic heterocycles. The van der Waals surface area contributed by atoms with Gasteiger partial charge >= 0.3 is 0 Å². The first-order valence-electron chi connectivity index (χ1n) is 5.61. The summed E-state index contributed by atoms with van der Waals surface area (Å²) in [6.07, 6.45) is 1.39. The summed E-state index contributed by atoms with van der Waals surface area (Å²) in [4.78, 5) is 2.64. The highest BCUT2D eigenvalue weighted by molar-refractivity contribution is 4.83. The van der Waals surface area contributed by atoms with Gasteiger partial charge in [0.2, 0.25) is 0 Å². The Hall–Kier alpha value is -0.0400. The van der Waals surface area contributed by atoms with Crippen molar-refractivity contribution in [1.82, 2.24) is 4.90 Å². The van der Waals surface area contributed by atoms with Crippen LogP contribution >= 0.6 is 0 Å². The van der Waals surface area contributed by atoms with Crippen molar-refractivity contribution in [2.75, 3.05) is 19.6 Å². The number of hydrogen-bond donors (Lipinski definition) is 0.